The van der Waals surface area contributed by atoms with E-state index in [1.807, 2.05) is 24.3 Å². The molecule has 1 aromatic rings. The van der Waals surface area contributed by atoms with Crippen molar-refractivity contribution >= 4 is 41.5 Å². The third-order valence-electron chi connectivity index (χ3n) is 3.31. The van der Waals surface area contributed by atoms with Gasteiger partial charge in [0, 0.05) is 26.2 Å². The van der Waals surface area contributed by atoms with Crippen molar-refractivity contribution in [1.29, 1.82) is 0 Å². The van der Waals surface area contributed by atoms with Crippen LogP contribution in [0.25, 0.3) is 0 Å². The van der Waals surface area contributed by atoms with Crippen molar-refractivity contribution in [3.05, 3.63) is 24.3 Å². The number of fused-ring (bicyclic) bond motifs is 1. The van der Waals surface area contributed by atoms with E-state index in [0.29, 0.717) is 12.6 Å². The maximum atomic E-state index is 12.0. The number of amides is 1. The number of carbonyl (C=O) groups is 1. The first-order valence-corrected chi connectivity index (χ1v) is 7.61. The predicted octanol–water partition coefficient (Wildman–Crippen LogP) is 1.99. The molecule has 1 aromatic carbocycles. The lowest BCUT2D eigenvalue weighted by Crippen LogP contribution is -2.43. The highest BCUT2D eigenvalue weighted by Gasteiger charge is 2.24. The Kier molecular flexibility index (Phi) is 8.15. The van der Waals surface area contributed by atoms with Gasteiger partial charge in [0.25, 0.3) is 5.91 Å². The van der Waals surface area contributed by atoms with Crippen LogP contribution >= 0.6 is 24.0 Å². The van der Waals surface area contributed by atoms with E-state index in [0.717, 1.165) is 30.4 Å². The van der Waals surface area contributed by atoms with E-state index in [-0.39, 0.29) is 36.5 Å². The minimum atomic E-state index is 0. The van der Waals surface area contributed by atoms with Crippen molar-refractivity contribution in [2.24, 2.45) is 4.99 Å². The standard InChI is InChI=1S/C16H24N4O2.HI/c1-12(2)19-16(17-3)18-9-6-10-20-13-7-4-5-8-14(13)22-11-15(20)21;/h4-5,7-8,12H,6,9-11H2,1-3H3,(H2,17,18,19);1H. The number of carbonyl (C=O) groups excluding carboxylic acids is 1. The van der Waals surface area contributed by atoms with Gasteiger partial charge < -0.3 is 20.3 Å². The Morgan fingerprint density at radius 1 is 1.39 bits per heavy atom. The molecule has 2 rings (SSSR count). The summed E-state index contributed by atoms with van der Waals surface area (Å²) in [7, 11) is 1.75. The van der Waals surface area contributed by atoms with Gasteiger partial charge in [-0.05, 0) is 32.4 Å². The lowest BCUT2D eigenvalue weighted by molar-refractivity contribution is -0.121. The predicted molar refractivity (Wildman–Crippen MR) is 104 cm³/mol. The Labute approximate surface area is 154 Å². The molecule has 2 N–H and O–H groups in total. The summed E-state index contributed by atoms with van der Waals surface area (Å²) in [5.74, 6) is 1.56. The first kappa shape index (κ1) is 19.5. The largest absolute Gasteiger partial charge is 0.482 e. The maximum absolute atomic E-state index is 12.0. The van der Waals surface area contributed by atoms with Gasteiger partial charge in [-0.1, -0.05) is 12.1 Å². The van der Waals surface area contributed by atoms with E-state index < -0.39 is 0 Å². The van der Waals surface area contributed by atoms with Gasteiger partial charge in [0.2, 0.25) is 0 Å². The molecule has 0 spiro atoms. The molecule has 128 valence electrons. The normalized spacial score (nSPS) is 14.0. The lowest BCUT2D eigenvalue weighted by atomic mass is 10.2. The van der Waals surface area contributed by atoms with E-state index >= 15 is 0 Å². The molecule has 7 heteroatoms. The van der Waals surface area contributed by atoms with Crippen molar-refractivity contribution < 1.29 is 9.53 Å². The Hall–Kier alpha value is -1.51. The van der Waals surface area contributed by atoms with Crippen molar-refractivity contribution in [2.75, 3.05) is 31.6 Å². The van der Waals surface area contributed by atoms with Crippen LogP contribution in [0.5, 0.6) is 5.75 Å². The third kappa shape index (κ3) is 5.56. The molecule has 23 heavy (non-hydrogen) atoms. The van der Waals surface area contributed by atoms with Crippen molar-refractivity contribution in [3.8, 4) is 5.75 Å². The fraction of sp³-hybridized carbons (Fsp3) is 0.500. The van der Waals surface area contributed by atoms with E-state index in [9.17, 15) is 4.79 Å². The van der Waals surface area contributed by atoms with Crippen LogP contribution < -0.4 is 20.3 Å². The van der Waals surface area contributed by atoms with Gasteiger partial charge in [-0.25, -0.2) is 0 Å². The molecule has 0 aliphatic carbocycles. The number of hydrogen-bond donors (Lipinski definition) is 2. The number of nitrogens with zero attached hydrogens (tertiary/aromatic N) is 2. The molecule has 0 aromatic heterocycles. The van der Waals surface area contributed by atoms with E-state index in [1.54, 1.807) is 11.9 Å². The van der Waals surface area contributed by atoms with Gasteiger partial charge in [-0.3, -0.25) is 9.79 Å². The molecular weight excluding hydrogens is 407 g/mol. The molecule has 0 atom stereocenters. The average molecular weight is 432 g/mol. The zero-order valence-electron chi connectivity index (χ0n) is 13.8. The molecule has 0 fully saturated rings. The van der Waals surface area contributed by atoms with Crippen LogP contribution in [0.15, 0.2) is 29.3 Å². The molecule has 0 bridgehead atoms. The number of para-hydroxylation sites is 2. The van der Waals surface area contributed by atoms with Gasteiger partial charge in [-0.2, -0.15) is 0 Å². The SMILES string of the molecule is CN=C(NCCCN1C(=O)COc2ccccc21)NC(C)C.I. The minimum absolute atomic E-state index is 0. The van der Waals surface area contributed by atoms with E-state index in [1.165, 1.54) is 0 Å². The number of aliphatic imine (C=N–C) groups is 1. The molecule has 1 aliphatic rings. The summed E-state index contributed by atoms with van der Waals surface area (Å²) >= 11 is 0. The smallest absolute Gasteiger partial charge is 0.265 e. The highest BCUT2D eigenvalue weighted by atomic mass is 127. The zero-order chi connectivity index (χ0) is 15.9. The summed E-state index contributed by atoms with van der Waals surface area (Å²) in [4.78, 5) is 18.0. The monoisotopic (exact) mass is 432 g/mol. The van der Waals surface area contributed by atoms with Crippen LogP contribution in [-0.4, -0.2) is 44.7 Å². The molecule has 1 aliphatic heterocycles. The second kappa shape index (κ2) is 9.59. The Bertz CT molecular complexity index is 549. The highest BCUT2D eigenvalue weighted by Crippen LogP contribution is 2.31. The number of ether oxygens (including phenoxy) is 1. The Morgan fingerprint density at radius 2 is 2.13 bits per heavy atom. The fourth-order valence-corrected chi connectivity index (χ4v) is 2.31. The first-order valence-electron chi connectivity index (χ1n) is 7.61. The molecular formula is C16H25IN4O2. The summed E-state index contributed by atoms with van der Waals surface area (Å²) in [5.41, 5.74) is 0.850. The minimum Gasteiger partial charge on any atom is -0.482 e. The van der Waals surface area contributed by atoms with Crippen molar-refractivity contribution in [1.82, 2.24) is 10.6 Å². The van der Waals surface area contributed by atoms with Crippen LogP contribution in [0.2, 0.25) is 0 Å². The summed E-state index contributed by atoms with van der Waals surface area (Å²) in [6.07, 6.45) is 0.832. The number of guanidine groups is 1. The van der Waals surface area contributed by atoms with E-state index in [2.05, 4.69) is 29.5 Å². The molecule has 1 amide bonds. The van der Waals surface area contributed by atoms with Crippen molar-refractivity contribution in [3.63, 3.8) is 0 Å². The Balaban J connectivity index is 0.00000264. The zero-order valence-corrected chi connectivity index (χ0v) is 16.2. The molecule has 6 nitrogen and oxygen atoms in total. The lowest BCUT2D eigenvalue weighted by Gasteiger charge is -2.29. The van der Waals surface area contributed by atoms with E-state index in [4.69, 9.17) is 4.74 Å². The van der Waals surface area contributed by atoms with Crippen LogP contribution in [0.4, 0.5) is 5.69 Å². The summed E-state index contributed by atoms with van der Waals surface area (Å²) in [5, 5.41) is 6.48. The van der Waals surface area contributed by atoms with Crippen LogP contribution in [0, 0.1) is 0 Å². The second-order valence-corrected chi connectivity index (χ2v) is 5.45. The molecule has 0 radical (unpaired) electrons. The fourth-order valence-electron chi connectivity index (χ4n) is 2.31. The number of hydrogen-bond acceptors (Lipinski definition) is 3. The Morgan fingerprint density at radius 3 is 2.83 bits per heavy atom. The van der Waals surface area contributed by atoms with Crippen molar-refractivity contribution in [2.45, 2.75) is 26.3 Å². The number of anilines is 1. The summed E-state index contributed by atoms with van der Waals surface area (Å²) in [6, 6.07) is 7.97. The first-order chi connectivity index (χ1) is 10.6. The molecule has 0 unspecified atom stereocenters. The van der Waals surface area contributed by atoms with Gasteiger partial charge in [-0.15, -0.1) is 24.0 Å². The van der Waals surface area contributed by atoms with Gasteiger partial charge in [0.15, 0.2) is 12.6 Å². The summed E-state index contributed by atoms with van der Waals surface area (Å²) < 4.78 is 5.44. The molecule has 0 saturated carbocycles. The quantitative estimate of drug-likeness (QED) is 0.323. The third-order valence-corrected chi connectivity index (χ3v) is 3.31. The van der Waals surface area contributed by atoms with Gasteiger partial charge >= 0.3 is 0 Å². The topological polar surface area (TPSA) is 66.0 Å². The van der Waals surface area contributed by atoms with Gasteiger partial charge in [0.05, 0.1) is 5.69 Å². The van der Waals surface area contributed by atoms with Crippen LogP contribution in [0.1, 0.15) is 20.3 Å². The van der Waals surface area contributed by atoms with Gasteiger partial charge in [0.1, 0.15) is 5.75 Å². The number of halogens is 1. The molecule has 1 heterocycles. The summed E-state index contributed by atoms with van der Waals surface area (Å²) in [6.45, 7) is 5.65. The second-order valence-electron chi connectivity index (χ2n) is 5.45. The molecule has 0 saturated heterocycles. The number of nitrogens with one attached hydrogen (secondary N) is 2. The van der Waals surface area contributed by atoms with Crippen LogP contribution in [0.3, 0.4) is 0 Å². The number of rotatable bonds is 5. The number of benzene rings is 1. The highest BCUT2D eigenvalue weighted by molar-refractivity contribution is 14.0. The van der Waals surface area contributed by atoms with Crippen LogP contribution in [-0.2, 0) is 4.79 Å². The average Bonchev–Trinajstić information content (AvgIpc) is 2.51. The maximum Gasteiger partial charge on any atom is 0.265 e.